The number of unbranched alkanes of at least 4 members (excludes halogenated alkanes) is 6. The Morgan fingerprint density at radius 1 is 1.07 bits per heavy atom. The summed E-state index contributed by atoms with van der Waals surface area (Å²) < 4.78 is 31.8. The average molecular weight is 411 g/mol. The van der Waals surface area contributed by atoms with Gasteiger partial charge in [0.15, 0.2) is 0 Å². The van der Waals surface area contributed by atoms with Crippen LogP contribution >= 0.6 is 0 Å². The zero-order valence-corrected chi connectivity index (χ0v) is 17.2. The smallest absolute Gasteiger partial charge is 0.324 e. The molecule has 1 aliphatic rings. The molecule has 0 bridgehead atoms. The van der Waals surface area contributed by atoms with Crippen LogP contribution in [0.5, 0.6) is 0 Å². The van der Waals surface area contributed by atoms with Crippen LogP contribution in [0.15, 0.2) is 29.2 Å². The van der Waals surface area contributed by atoms with E-state index in [1.54, 1.807) is 12.1 Å². The van der Waals surface area contributed by atoms with Crippen LogP contribution in [0.3, 0.4) is 0 Å². The maximum atomic E-state index is 12.3. The van der Waals surface area contributed by atoms with Crippen LogP contribution in [-0.4, -0.2) is 32.9 Å². The first-order chi connectivity index (χ1) is 13.4. The molecule has 156 valence electrons. The highest BCUT2D eigenvalue weighted by molar-refractivity contribution is 7.89. The Hall–Kier alpha value is -1.93. The third-order valence-corrected chi connectivity index (χ3v) is 6.18. The van der Waals surface area contributed by atoms with E-state index in [0.29, 0.717) is 18.5 Å². The van der Waals surface area contributed by atoms with Crippen LogP contribution in [0.25, 0.3) is 0 Å². The van der Waals surface area contributed by atoms with Crippen molar-refractivity contribution in [3.63, 3.8) is 0 Å². The fourth-order valence-electron chi connectivity index (χ4n) is 3.04. The molecule has 1 heterocycles. The Bertz CT molecular complexity index is 746. The predicted molar refractivity (Wildman–Crippen MR) is 107 cm³/mol. The van der Waals surface area contributed by atoms with Gasteiger partial charge in [0.05, 0.1) is 11.5 Å². The third kappa shape index (κ3) is 7.24. The Kier molecular flexibility index (Phi) is 8.92. The van der Waals surface area contributed by atoms with Crippen molar-refractivity contribution in [2.24, 2.45) is 0 Å². The number of rotatable bonds is 12. The van der Waals surface area contributed by atoms with E-state index < -0.39 is 22.0 Å². The molecule has 0 spiro atoms. The van der Waals surface area contributed by atoms with Crippen molar-refractivity contribution in [1.82, 2.24) is 4.72 Å². The van der Waals surface area contributed by atoms with E-state index in [4.69, 9.17) is 4.74 Å². The van der Waals surface area contributed by atoms with Gasteiger partial charge in [0.1, 0.15) is 6.04 Å². The molecule has 8 heteroatoms. The summed E-state index contributed by atoms with van der Waals surface area (Å²) in [5.41, 5.74) is 0.548. The maximum Gasteiger partial charge on any atom is 0.324 e. The third-order valence-electron chi connectivity index (χ3n) is 4.69. The maximum absolute atomic E-state index is 12.3. The molecule has 2 rings (SSSR count). The van der Waals surface area contributed by atoms with Crippen LogP contribution < -0.4 is 10.0 Å². The van der Waals surface area contributed by atoms with Gasteiger partial charge in [-0.25, -0.2) is 8.42 Å². The standard InChI is InChI=1S/C20H30N2O5S/c1-2-3-4-5-6-7-8-9-19(23)21-16-10-12-17(13-11-16)28(25,26)22-18-14-15-27-20(18)24/h10-13,18,22H,2-9,14-15H2,1H3,(H,21,23). The Morgan fingerprint density at radius 3 is 2.32 bits per heavy atom. The van der Waals surface area contributed by atoms with Crippen LogP contribution in [-0.2, 0) is 24.3 Å². The van der Waals surface area contributed by atoms with E-state index in [2.05, 4.69) is 17.0 Å². The lowest BCUT2D eigenvalue weighted by Gasteiger charge is -2.11. The molecule has 1 atom stereocenters. The SMILES string of the molecule is CCCCCCCCCC(=O)Nc1ccc(S(=O)(=O)NC2CCOC2=O)cc1. The van der Waals surface area contributed by atoms with Crippen LogP contribution in [0.1, 0.15) is 64.7 Å². The van der Waals surface area contributed by atoms with Gasteiger partial charge in [-0.1, -0.05) is 45.4 Å². The molecule has 7 nitrogen and oxygen atoms in total. The van der Waals surface area contributed by atoms with Crippen LogP contribution in [0.4, 0.5) is 5.69 Å². The number of carbonyl (C=O) groups is 2. The van der Waals surface area contributed by atoms with Gasteiger partial charge in [0.2, 0.25) is 15.9 Å². The second-order valence-electron chi connectivity index (χ2n) is 7.07. The number of sulfonamides is 1. The number of nitrogens with one attached hydrogen (secondary N) is 2. The molecular formula is C20H30N2O5S. The summed E-state index contributed by atoms with van der Waals surface area (Å²) in [5.74, 6) is -0.631. The fraction of sp³-hybridized carbons (Fsp3) is 0.600. The number of benzene rings is 1. The first-order valence-corrected chi connectivity index (χ1v) is 11.5. The summed E-state index contributed by atoms with van der Waals surface area (Å²) in [6.45, 7) is 2.41. The molecule has 1 aromatic rings. The topological polar surface area (TPSA) is 102 Å². The Balaban J connectivity index is 1.75. The second-order valence-corrected chi connectivity index (χ2v) is 8.79. The van der Waals surface area contributed by atoms with E-state index in [9.17, 15) is 18.0 Å². The Morgan fingerprint density at radius 2 is 1.71 bits per heavy atom. The lowest BCUT2D eigenvalue weighted by molar-refractivity contribution is -0.139. The summed E-state index contributed by atoms with van der Waals surface area (Å²) in [6.07, 6.45) is 8.81. The molecule has 1 fully saturated rings. The molecule has 0 aliphatic carbocycles. The lowest BCUT2D eigenvalue weighted by atomic mass is 10.1. The highest BCUT2D eigenvalue weighted by Gasteiger charge is 2.31. The Labute approximate surface area is 167 Å². The molecule has 1 aromatic carbocycles. The van der Waals surface area contributed by atoms with E-state index in [1.807, 2.05) is 0 Å². The highest BCUT2D eigenvalue weighted by atomic mass is 32.2. The van der Waals surface area contributed by atoms with Gasteiger partial charge in [-0.05, 0) is 30.7 Å². The lowest BCUT2D eigenvalue weighted by Crippen LogP contribution is -2.37. The molecule has 0 saturated carbocycles. The van der Waals surface area contributed by atoms with E-state index in [0.717, 1.165) is 19.3 Å². The summed E-state index contributed by atoms with van der Waals surface area (Å²) >= 11 is 0. The van der Waals surface area contributed by atoms with Gasteiger partial charge in [0.25, 0.3) is 0 Å². The molecule has 1 aliphatic heterocycles. The quantitative estimate of drug-likeness (QED) is 0.406. The summed E-state index contributed by atoms with van der Waals surface area (Å²) in [5, 5.41) is 2.78. The first kappa shape index (κ1) is 22.4. The van der Waals surface area contributed by atoms with Gasteiger partial charge in [-0.2, -0.15) is 4.72 Å². The molecule has 0 radical (unpaired) electrons. The number of anilines is 1. The summed E-state index contributed by atoms with van der Waals surface area (Å²) in [4.78, 5) is 23.5. The fourth-order valence-corrected chi connectivity index (χ4v) is 4.26. The summed E-state index contributed by atoms with van der Waals surface area (Å²) in [6, 6.07) is 5.07. The molecule has 1 amide bonds. The molecule has 0 aromatic heterocycles. The number of hydrogen-bond acceptors (Lipinski definition) is 5. The number of cyclic esters (lactones) is 1. The first-order valence-electron chi connectivity index (χ1n) is 10.0. The number of esters is 1. The minimum atomic E-state index is -3.81. The van der Waals surface area contributed by atoms with Gasteiger partial charge < -0.3 is 10.1 Å². The monoisotopic (exact) mass is 410 g/mol. The molecular weight excluding hydrogens is 380 g/mol. The zero-order chi connectivity index (χ0) is 20.4. The van der Waals surface area contributed by atoms with Crippen molar-refractivity contribution in [3.05, 3.63) is 24.3 Å². The molecule has 28 heavy (non-hydrogen) atoms. The van der Waals surface area contributed by atoms with E-state index in [1.165, 1.54) is 37.8 Å². The predicted octanol–water partition coefficient (Wildman–Crippen LogP) is 3.36. The normalized spacial score (nSPS) is 16.8. The minimum Gasteiger partial charge on any atom is -0.464 e. The van der Waals surface area contributed by atoms with Crippen LogP contribution in [0, 0.1) is 0 Å². The number of ether oxygens (including phenoxy) is 1. The van der Waals surface area contributed by atoms with Crippen molar-refractivity contribution in [2.45, 2.75) is 75.6 Å². The molecule has 2 N–H and O–H groups in total. The average Bonchev–Trinajstić information content (AvgIpc) is 3.05. The van der Waals surface area contributed by atoms with E-state index in [-0.39, 0.29) is 17.4 Å². The van der Waals surface area contributed by atoms with Crippen molar-refractivity contribution >= 4 is 27.6 Å². The van der Waals surface area contributed by atoms with Crippen molar-refractivity contribution in [1.29, 1.82) is 0 Å². The number of carbonyl (C=O) groups excluding carboxylic acids is 2. The highest BCUT2D eigenvalue weighted by Crippen LogP contribution is 2.17. The zero-order valence-electron chi connectivity index (χ0n) is 16.4. The minimum absolute atomic E-state index is 0.0391. The molecule has 1 saturated heterocycles. The van der Waals surface area contributed by atoms with Gasteiger partial charge in [-0.3, -0.25) is 9.59 Å². The number of amides is 1. The van der Waals surface area contributed by atoms with Crippen LogP contribution in [0.2, 0.25) is 0 Å². The van der Waals surface area contributed by atoms with E-state index >= 15 is 0 Å². The van der Waals surface area contributed by atoms with Crippen molar-refractivity contribution in [2.75, 3.05) is 11.9 Å². The van der Waals surface area contributed by atoms with Gasteiger partial charge in [-0.15, -0.1) is 0 Å². The summed E-state index contributed by atoms with van der Waals surface area (Å²) in [7, 11) is -3.81. The van der Waals surface area contributed by atoms with Crippen molar-refractivity contribution in [3.8, 4) is 0 Å². The van der Waals surface area contributed by atoms with Gasteiger partial charge in [0, 0.05) is 18.5 Å². The second kappa shape index (κ2) is 11.2. The number of hydrogen-bond donors (Lipinski definition) is 2. The largest absolute Gasteiger partial charge is 0.464 e. The van der Waals surface area contributed by atoms with Crippen molar-refractivity contribution < 1.29 is 22.7 Å². The molecule has 1 unspecified atom stereocenters. The van der Waals surface area contributed by atoms with Gasteiger partial charge >= 0.3 is 5.97 Å².